The summed E-state index contributed by atoms with van der Waals surface area (Å²) in [6.07, 6.45) is -0.516. The molecule has 1 atom stereocenters. The fourth-order valence-electron chi connectivity index (χ4n) is 1.30. The van der Waals surface area contributed by atoms with Gasteiger partial charge in [-0.25, -0.2) is 0 Å². The van der Waals surface area contributed by atoms with Crippen LogP contribution in [0.15, 0.2) is 24.3 Å². The third-order valence-corrected chi connectivity index (χ3v) is 2.15. The molecular weight excluding hydrogens is 206 g/mol. The third kappa shape index (κ3) is 4.61. The van der Waals surface area contributed by atoms with Crippen molar-refractivity contribution in [2.45, 2.75) is 19.6 Å². The van der Waals surface area contributed by atoms with E-state index in [2.05, 4.69) is 5.32 Å². The van der Waals surface area contributed by atoms with Crippen LogP contribution in [0.3, 0.4) is 0 Å². The van der Waals surface area contributed by atoms with Gasteiger partial charge in [0.1, 0.15) is 18.5 Å². The Hall–Kier alpha value is -1.10. The molecule has 1 aromatic rings. The number of rotatable bonds is 7. The highest BCUT2D eigenvalue weighted by Crippen LogP contribution is 2.13. The Kier molecular flexibility index (Phi) is 5.85. The smallest absolute Gasteiger partial charge is 0.119 e. The average Bonchev–Trinajstić information content (AvgIpc) is 2.34. The van der Waals surface area contributed by atoms with E-state index in [0.717, 1.165) is 12.1 Å². The molecule has 90 valence electrons. The van der Waals surface area contributed by atoms with Crippen LogP contribution in [0.1, 0.15) is 12.5 Å². The average molecular weight is 225 g/mol. The van der Waals surface area contributed by atoms with Gasteiger partial charge in [-0.15, -0.1) is 0 Å². The normalized spacial score (nSPS) is 12.4. The van der Waals surface area contributed by atoms with Crippen LogP contribution in [-0.4, -0.2) is 36.0 Å². The number of hydrogen-bond acceptors (Lipinski definition) is 4. The lowest BCUT2D eigenvalue weighted by Crippen LogP contribution is -2.31. The Morgan fingerprint density at radius 3 is 2.94 bits per heavy atom. The molecule has 1 aromatic carbocycles. The van der Waals surface area contributed by atoms with Gasteiger partial charge in [-0.05, 0) is 24.2 Å². The number of aliphatic hydroxyl groups is 2. The maximum Gasteiger partial charge on any atom is 0.119 e. The van der Waals surface area contributed by atoms with Gasteiger partial charge in [0.25, 0.3) is 0 Å². The number of nitrogens with one attached hydrogen (secondary N) is 1. The molecule has 1 rings (SSSR count). The van der Waals surface area contributed by atoms with Crippen molar-refractivity contribution in [3.63, 3.8) is 0 Å². The predicted molar refractivity (Wildman–Crippen MR) is 62.4 cm³/mol. The fourth-order valence-corrected chi connectivity index (χ4v) is 1.30. The van der Waals surface area contributed by atoms with Crippen molar-refractivity contribution in [1.82, 2.24) is 5.32 Å². The minimum absolute atomic E-state index is 0.00283. The number of ether oxygens (including phenoxy) is 1. The van der Waals surface area contributed by atoms with Crippen molar-refractivity contribution in [3.05, 3.63) is 29.8 Å². The van der Waals surface area contributed by atoms with Gasteiger partial charge in [0, 0.05) is 6.54 Å². The van der Waals surface area contributed by atoms with Crippen LogP contribution in [0, 0.1) is 0 Å². The van der Waals surface area contributed by atoms with E-state index in [1.807, 2.05) is 19.1 Å². The third-order valence-electron chi connectivity index (χ3n) is 2.15. The quantitative estimate of drug-likeness (QED) is 0.633. The van der Waals surface area contributed by atoms with Crippen molar-refractivity contribution in [2.75, 3.05) is 19.7 Å². The molecule has 0 heterocycles. The molecule has 0 aliphatic carbocycles. The van der Waals surface area contributed by atoms with Gasteiger partial charge in [-0.1, -0.05) is 19.1 Å². The second-order valence-corrected chi connectivity index (χ2v) is 3.58. The monoisotopic (exact) mass is 225 g/mol. The van der Waals surface area contributed by atoms with Gasteiger partial charge < -0.3 is 20.3 Å². The highest BCUT2D eigenvalue weighted by molar-refractivity contribution is 5.27. The van der Waals surface area contributed by atoms with E-state index in [-0.39, 0.29) is 13.2 Å². The largest absolute Gasteiger partial charge is 0.491 e. The number of hydrogen-bond donors (Lipinski definition) is 3. The van der Waals surface area contributed by atoms with Crippen molar-refractivity contribution in [2.24, 2.45) is 0 Å². The Morgan fingerprint density at radius 2 is 2.25 bits per heavy atom. The van der Waals surface area contributed by atoms with Crippen LogP contribution in [0.4, 0.5) is 0 Å². The van der Waals surface area contributed by atoms with E-state index in [0.29, 0.717) is 12.3 Å². The highest BCUT2D eigenvalue weighted by atomic mass is 16.5. The molecule has 3 N–H and O–H groups in total. The molecular formula is C12H19NO3. The van der Waals surface area contributed by atoms with E-state index in [4.69, 9.17) is 9.84 Å². The van der Waals surface area contributed by atoms with E-state index in [1.165, 1.54) is 0 Å². The second kappa shape index (κ2) is 7.22. The lowest BCUT2D eigenvalue weighted by molar-refractivity contribution is 0.107. The second-order valence-electron chi connectivity index (χ2n) is 3.58. The van der Waals surface area contributed by atoms with Crippen LogP contribution in [0.2, 0.25) is 0 Å². The minimum atomic E-state index is -0.516. The highest BCUT2D eigenvalue weighted by Gasteiger charge is 2.04. The number of benzene rings is 1. The van der Waals surface area contributed by atoms with E-state index in [9.17, 15) is 5.11 Å². The Balaban J connectivity index is 2.35. The standard InChI is InChI=1S/C12H19NO3/c1-2-13-7-11(15)9-16-12-5-3-4-10(6-12)8-14/h3-6,11,13-15H,2,7-9H2,1H3. The molecule has 0 aliphatic rings. The summed E-state index contributed by atoms with van der Waals surface area (Å²) in [7, 11) is 0. The SMILES string of the molecule is CCNCC(O)COc1cccc(CO)c1. The molecule has 1 unspecified atom stereocenters. The van der Waals surface area contributed by atoms with Crippen molar-refractivity contribution in [1.29, 1.82) is 0 Å². The first-order valence-electron chi connectivity index (χ1n) is 5.47. The summed E-state index contributed by atoms with van der Waals surface area (Å²) >= 11 is 0. The Labute approximate surface area is 95.9 Å². The van der Waals surface area contributed by atoms with Crippen LogP contribution < -0.4 is 10.1 Å². The maximum absolute atomic E-state index is 9.53. The molecule has 0 bridgehead atoms. The lowest BCUT2D eigenvalue weighted by Gasteiger charge is -2.12. The summed E-state index contributed by atoms with van der Waals surface area (Å²) in [4.78, 5) is 0. The molecule has 0 amide bonds. The first kappa shape index (κ1) is 13.0. The summed E-state index contributed by atoms with van der Waals surface area (Å²) in [5.41, 5.74) is 0.804. The molecule has 0 spiro atoms. The molecule has 0 saturated carbocycles. The topological polar surface area (TPSA) is 61.7 Å². The van der Waals surface area contributed by atoms with E-state index < -0.39 is 6.10 Å². The van der Waals surface area contributed by atoms with Crippen molar-refractivity contribution in [3.8, 4) is 5.75 Å². The molecule has 0 aromatic heterocycles. The van der Waals surface area contributed by atoms with E-state index in [1.54, 1.807) is 12.1 Å². The minimum Gasteiger partial charge on any atom is -0.491 e. The van der Waals surface area contributed by atoms with Gasteiger partial charge in [-0.2, -0.15) is 0 Å². The molecule has 0 aliphatic heterocycles. The number of aliphatic hydroxyl groups excluding tert-OH is 2. The molecule has 4 heteroatoms. The van der Waals surface area contributed by atoms with Crippen molar-refractivity contribution >= 4 is 0 Å². The number of likely N-dealkylation sites (N-methyl/N-ethyl adjacent to an activating group) is 1. The summed E-state index contributed by atoms with van der Waals surface area (Å²) in [5, 5.41) is 21.5. The van der Waals surface area contributed by atoms with Gasteiger partial charge in [-0.3, -0.25) is 0 Å². The first-order valence-corrected chi connectivity index (χ1v) is 5.47. The summed E-state index contributed by atoms with van der Waals surface area (Å²) in [5.74, 6) is 0.669. The van der Waals surface area contributed by atoms with Gasteiger partial charge in [0.15, 0.2) is 0 Å². The zero-order valence-electron chi connectivity index (χ0n) is 9.52. The molecule has 0 saturated heterocycles. The molecule has 16 heavy (non-hydrogen) atoms. The lowest BCUT2D eigenvalue weighted by atomic mass is 10.2. The van der Waals surface area contributed by atoms with Crippen molar-refractivity contribution < 1.29 is 14.9 Å². The van der Waals surface area contributed by atoms with Crippen LogP contribution in [0.25, 0.3) is 0 Å². The van der Waals surface area contributed by atoms with Crippen LogP contribution in [0.5, 0.6) is 5.75 Å². The van der Waals surface area contributed by atoms with Gasteiger partial charge in [0.05, 0.1) is 6.61 Å². The van der Waals surface area contributed by atoms with Crippen LogP contribution in [-0.2, 0) is 6.61 Å². The summed E-state index contributed by atoms with van der Waals surface area (Å²) < 4.78 is 5.41. The Morgan fingerprint density at radius 1 is 1.44 bits per heavy atom. The zero-order chi connectivity index (χ0) is 11.8. The molecule has 0 radical (unpaired) electrons. The Bertz CT molecular complexity index is 304. The van der Waals surface area contributed by atoms with Gasteiger partial charge >= 0.3 is 0 Å². The van der Waals surface area contributed by atoms with Crippen LogP contribution >= 0.6 is 0 Å². The molecule has 4 nitrogen and oxygen atoms in total. The fraction of sp³-hybridized carbons (Fsp3) is 0.500. The zero-order valence-corrected chi connectivity index (χ0v) is 9.52. The van der Waals surface area contributed by atoms with E-state index >= 15 is 0 Å². The van der Waals surface area contributed by atoms with Gasteiger partial charge in [0.2, 0.25) is 0 Å². The first-order chi connectivity index (χ1) is 7.76. The predicted octanol–water partition coefficient (Wildman–Crippen LogP) is 0.528. The molecule has 0 fully saturated rings. The summed E-state index contributed by atoms with van der Waals surface area (Å²) in [6.45, 7) is 3.59. The summed E-state index contributed by atoms with van der Waals surface area (Å²) in [6, 6.07) is 7.21. The maximum atomic E-state index is 9.53.